The first kappa shape index (κ1) is 20.8. The van der Waals surface area contributed by atoms with E-state index in [4.69, 9.17) is 4.74 Å². The Hall–Kier alpha value is -3.49. The molecule has 0 aliphatic heterocycles. The molecule has 4 heterocycles. The van der Waals surface area contributed by atoms with Crippen LogP contribution in [-0.2, 0) is 23.7 Å². The topological polar surface area (TPSA) is 110 Å². The number of nitrogens with one attached hydrogen (secondary N) is 2. The number of halogens is 6. The van der Waals surface area contributed by atoms with Crippen molar-refractivity contribution in [2.45, 2.75) is 25.9 Å². The van der Waals surface area contributed by atoms with Gasteiger partial charge in [0, 0.05) is 18.4 Å². The largest absolute Gasteiger partial charge is 0.451 e. The van der Waals surface area contributed by atoms with Gasteiger partial charge in [-0.15, -0.1) is 0 Å². The molecule has 4 rings (SSSR count). The minimum atomic E-state index is -4.80. The summed E-state index contributed by atoms with van der Waals surface area (Å²) in [6, 6.07) is 0. The van der Waals surface area contributed by atoms with Crippen LogP contribution in [0.5, 0.6) is 0 Å². The molecule has 0 saturated carbocycles. The number of rotatable bonds is 5. The van der Waals surface area contributed by atoms with Gasteiger partial charge in [0.05, 0.1) is 24.8 Å². The molecule has 0 fully saturated rings. The number of nitrogens with zero attached hydrogens (tertiary/aromatic N) is 6. The van der Waals surface area contributed by atoms with Crippen molar-refractivity contribution in [1.29, 1.82) is 0 Å². The summed E-state index contributed by atoms with van der Waals surface area (Å²) in [6.45, 7) is 1.39. The van der Waals surface area contributed by atoms with Gasteiger partial charge in [-0.2, -0.15) is 31.4 Å². The zero-order valence-electron chi connectivity index (χ0n) is 15.5. The quantitative estimate of drug-likeness (QED) is 0.455. The van der Waals surface area contributed by atoms with Gasteiger partial charge in [0.25, 0.3) is 0 Å². The third-order valence-electron chi connectivity index (χ3n) is 4.14. The fourth-order valence-corrected chi connectivity index (χ4v) is 2.87. The number of aromatic amines is 2. The van der Waals surface area contributed by atoms with E-state index in [9.17, 15) is 26.3 Å². The summed E-state index contributed by atoms with van der Waals surface area (Å²) in [5.41, 5.74) is -1.38. The van der Waals surface area contributed by atoms with Crippen molar-refractivity contribution in [3.05, 3.63) is 35.8 Å². The Balaban J connectivity index is 1.98. The lowest BCUT2D eigenvalue weighted by molar-refractivity contribution is -0.144. The van der Waals surface area contributed by atoms with Crippen LogP contribution in [0.4, 0.5) is 26.3 Å². The first-order chi connectivity index (χ1) is 14.6. The Morgan fingerprint density at radius 3 is 2.42 bits per heavy atom. The minimum absolute atomic E-state index is 0.0826. The van der Waals surface area contributed by atoms with Crippen LogP contribution in [0, 0.1) is 0 Å². The first-order valence-corrected chi connectivity index (χ1v) is 8.65. The van der Waals surface area contributed by atoms with Crippen LogP contribution in [0.2, 0.25) is 0 Å². The molecule has 0 aliphatic rings. The van der Waals surface area contributed by atoms with E-state index < -0.39 is 35.5 Å². The summed E-state index contributed by atoms with van der Waals surface area (Å²) in [5.74, 6) is -2.26. The van der Waals surface area contributed by atoms with Gasteiger partial charge in [-0.1, -0.05) is 0 Å². The first-order valence-electron chi connectivity index (χ1n) is 8.65. The van der Waals surface area contributed by atoms with Crippen molar-refractivity contribution in [2.24, 2.45) is 0 Å². The Kier molecular flexibility index (Phi) is 4.91. The standard InChI is InChI=1S/C16H12F6N8O/c1-2-31-5-7-4-30-10(8-3-23-6-24-8)9(12-27-13(29-28-12)16(20,21)22)25-14(30)26-11(7)15(17,18)19/h3-4,6H,2,5H2,1H3,(H,23,24)(H,27,28,29). The van der Waals surface area contributed by atoms with Gasteiger partial charge in [0.15, 0.2) is 5.69 Å². The number of aromatic nitrogens is 8. The molecule has 164 valence electrons. The summed E-state index contributed by atoms with van der Waals surface area (Å²) < 4.78 is 85.6. The molecule has 31 heavy (non-hydrogen) atoms. The highest BCUT2D eigenvalue weighted by Gasteiger charge is 2.38. The van der Waals surface area contributed by atoms with E-state index in [-0.39, 0.29) is 35.9 Å². The molecule has 4 aromatic rings. The predicted molar refractivity (Wildman–Crippen MR) is 91.3 cm³/mol. The number of H-pyrrole nitrogens is 2. The molecule has 15 heteroatoms. The summed E-state index contributed by atoms with van der Waals surface area (Å²) >= 11 is 0. The average Bonchev–Trinajstić information content (AvgIpc) is 3.42. The van der Waals surface area contributed by atoms with E-state index in [2.05, 4.69) is 30.0 Å². The monoisotopic (exact) mass is 446 g/mol. The minimum Gasteiger partial charge on any atom is -0.377 e. The molecular weight excluding hydrogens is 434 g/mol. The Bertz CT molecular complexity index is 1210. The molecule has 2 N–H and O–H groups in total. The molecule has 0 unspecified atom stereocenters. The van der Waals surface area contributed by atoms with Crippen molar-refractivity contribution >= 4 is 5.78 Å². The van der Waals surface area contributed by atoms with E-state index in [1.807, 2.05) is 0 Å². The van der Waals surface area contributed by atoms with Crippen molar-refractivity contribution in [1.82, 2.24) is 39.5 Å². The van der Waals surface area contributed by atoms with E-state index in [1.165, 1.54) is 16.9 Å². The molecule has 0 spiro atoms. The van der Waals surface area contributed by atoms with Gasteiger partial charge in [0.1, 0.15) is 11.4 Å². The molecule has 0 aromatic carbocycles. The second kappa shape index (κ2) is 7.33. The molecule has 0 saturated heterocycles. The zero-order chi connectivity index (χ0) is 22.4. The van der Waals surface area contributed by atoms with Crippen molar-refractivity contribution in [3.8, 4) is 22.9 Å². The van der Waals surface area contributed by atoms with E-state index in [0.717, 1.165) is 6.20 Å². The smallest absolute Gasteiger partial charge is 0.377 e. The number of fused-ring (bicyclic) bond motifs is 1. The zero-order valence-corrected chi connectivity index (χ0v) is 15.5. The number of ether oxygens (including phenoxy) is 1. The third kappa shape index (κ3) is 3.83. The maximum absolute atomic E-state index is 13.5. The van der Waals surface area contributed by atoms with Crippen molar-refractivity contribution < 1.29 is 31.1 Å². The summed E-state index contributed by atoms with van der Waals surface area (Å²) in [6.07, 6.45) is -5.88. The van der Waals surface area contributed by atoms with Crippen LogP contribution in [0.25, 0.3) is 28.7 Å². The molecule has 0 atom stereocenters. The number of imidazole rings is 2. The van der Waals surface area contributed by atoms with Crippen LogP contribution < -0.4 is 0 Å². The Labute approximate surface area is 168 Å². The third-order valence-corrected chi connectivity index (χ3v) is 4.14. The highest BCUT2D eigenvalue weighted by Crippen LogP contribution is 2.35. The molecule has 9 nitrogen and oxygen atoms in total. The molecule has 0 aliphatic carbocycles. The lowest BCUT2D eigenvalue weighted by atomic mass is 10.2. The SMILES string of the molecule is CCOCc1cn2c(-c3cnc[nH]3)c(-c3n[nH]c(C(F)(F)F)n3)nc2nc1C(F)(F)F. The van der Waals surface area contributed by atoms with Gasteiger partial charge < -0.3 is 9.72 Å². The molecular formula is C16H12F6N8O. The second-order valence-electron chi connectivity index (χ2n) is 6.20. The van der Waals surface area contributed by atoms with Gasteiger partial charge in [-0.3, -0.25) is 9.50 Å². The molecule has 0 radical (unpaired) electrons. The van der Waals surface area contributed by atoms with Crippen LogP contribution in [-0.4, -0.2) is 46.1 Å². The maximum atomic E-state index is 13.5. The van der Waals surface area contributed by atoms with Crippen molar-refractivity contribution in [2.75, 3.05) is 6.61 Å². The van der Waals surface area contributed by atoms with Gasteiger partial charge in [-0.05, 0) is 6.92 Å². The van der Waals surface area contributed by atoms with Gasteiger partial charge in [-0.25, -0.2) is 19.9 Å². The fraction of sp³-hybridized carbons (Fsp3) is 0.312. The Morgan fingerprint density at radius 2 is 1.84 bits per heavy atom. The molecule has 0 amide bonds. The lowest BCUT2D eigenvalue weighted by Gasteiger charge is -2.12. The van der Waals surface area contributed by atoms with E-state index >= 15 is 0 Å². The highest BCUT2D eigenvalue weighted by molar-refractivity contribution is 5.76. The fourth-order valence-electron chi connectivity index (χ4n) is 2.87. The predicted octanol–water partition coefficient (Wildman–Crippen LogP) is 3.48. The summed E-state index contributed by atoms with van der Waals surface area (Å²) in [4.78, 5) is 17.5. The number of hydrogen-bond donors (Lipinski definition) is 2. The number of hydrogen-bond acceptors (Lipinski definition) is 6. The maximum Gasteiger partial charge on any atom is 0.451 e. The van der Waals surface area contributed by atoms with E-state index in [1.54, 1.807) is 12.0 Å². The second-order valence-corrected chi connectivity index (χ2v) is 6.20. The van der Waals surface area contributed by atoms with Crippen LogP contribution >= 0.6 is 0 Å². The van der Waals surface area contributed by atoms with Crippen LogP contribution in [0.1, 0.15) is 24.0 Å². The summed E-state index contributed by atoms with van der Waals surface area (Å²) in [5, 5.41) is 5.28. The van der Waals surface area contributed by atoms with Gasteiger partial charge >= 0.3 is 12.4 Å². The van der Waals surface area contributed by atoms with Gasteiger partial charge in [0.2, 0.25) is 17.4 Å². The normalized spacial score (nSPS) is 12.7. The molecule has 0 bridgehead atoms. The van der Waals surface area contributed by atoms with Crippen molar-refractivity contribution in [3.63, 3.8) is 0 Å². The lowest BCUT2D eigenvalue weighted by Crippen LogP contribution is -2.15. The van der Waals surface area contributed by atoms with E-state index in [0.29, 0.717) is 0 Å². The summed E-state index contributed by atoms with van der Waals surface area (Å²) in [7, 11) is 0. The number of alkyl halides is 6. The van der Waals surface area contributed by atoms with Crippen LogP contribution in [0.3, 0.4) is 0 Å². The van der Waals surface area contributed by atoms with Crippen LogP contribution in [0.15, 0.2) is 18.7 Å². The molecule has 4 aromatic heterocycles. The highest BCUT2D eigenvalue weighted by atomic mass is 19.4. The average molecular weight is 446 g/mol. The Morgan fingerprint density at radius 1 is 1.06 bits per heavy atom.